The monoisotopic (exact) mass is 608 g/mol. The van der Waals surface area contributed by atoms with Crippen LogP contribution in [0.15, 0.2) is 79.1 Å². The third-order valence-electron chi connectivity index (χ3n) is 6.30. The van der Waals surface area contributed by atoms with E-state index in [1.54, 1.807) is 42.5 Å². The summed E-state index contributed by atoms with van der Waals surface area (Å²) in [7, 11) is 1.48. The van der Waals surface area contributed by atoms with Crippen LogP contribution in [-0.4, -0.2) is 34.6 Å². The van der Waals surface area contributed by atoms with Crippen LogP contribution in [0.5, 0.6) is 11.5 Å². The van der Waals surface area contributed by atoms with E-state index in [0.29, 0.717) is 33.6 Å². The lowest BCUT2D eigenvalue weighted by molar-refractivity contribution is -0.137. The van der Waals surface area contributed by atoms with Gasteiger partial charge in [-0.3, -0.25) is 19.4 Å². The van der Waals surface area contributed by atoms with Crippen molar-refractivity contribution in [3.8, 4) is 11.5 Å². The van der Waals surface area contributed by atoms with E-state index in [9.17, 15) is 31.9 Å². The second-order valence-corrected chi connectivity index (χ2v) is 10.1. The van der Waals surface area contributed by atoms with E-state index in [1.807, 2.05) is 0 Å². The lowest BCUT2D eigenvalue weighted by Crippen LogP contribution is -2.18. The van der Waals surface area contributed by atoms with Crippen molar-refractivity contribution in [2.45, 2.75) is 12.6 Å². The standard InChI is InChI=1S/C30H20F4N4O4S/c1-35-27(40)23-14-17(10-11-36-23)42-25-7-3-4-18-19(5-2-6-20(18)25)24(39)13-16-8-9-22(21(12-16)30(32,33)34)38-28(41)26-15-37-29(31)43-26/h2-12,14-15H,13H2,1H3,(H,35,40)(H,38,41). The number of carbonyl (C=O) groups is 3. The summed E-state index contributed by atoms with van der Waals surface area (Å²) in [5.41, 5.74) is -1.20. The average Bonchev–Trinajstić information content (AvgIpc) is 3.43. The summed E-state index contributed by atoms with van der Waals surface area (Å²) in [6.45, 7) is 0. The quantitative estimate of drug-likeness (QED) is 0.150. The first kappa shape index (κ1) is 29.3. The minimum absolute atomic E-state index is 0.0714. The van der Waals surface area contributed by atoms with Crippen LogP contribution in [0, 0.1) is 5.26 Å². The maximum Gasteiger partial charge on any atom is 0.418 e. The molecule has 0 spiro atoms. The van der Waals surface area contributed by atoms with Crippen LogP contribution in [0.2, 0.25) is 0 Å². The number of alkyl halides is 3. The van der Waals surface area contributed by atoms with E-state index in [-0.39, 0.29) is 28.1 Å². The smallest absolute Gasteiger partial charge is 0.418 e. The average molecular weight is 609 g/mol. The number of thiazole rings is 1. The molecule has 5 aromatic rings. The fraction of sp³-hybridized carbons (Fsp3) is 0.100. The molecular formula is C30H20F4N4O4S. The highest BCUT2D eigenvalue weighted by Crippen LogP contribution is 2.37. The number of nitrogens with zero attached hydrogens (tertiary/aromatic N) is 2. The van der Waals surface area contributed by atoms with Crippen LogP contribution < -0.4 is 15.4 Å². The fourth-order valence-corrected chi connectivity index (χ4v) is 4.87. The molecule has 0 bridgehead atoms. The number of benzene rings is 3. The second kappa shape index (κ2) is 12.0. The van der Waals surface area contributed by atoms with Crippen molar-refractivity contribution in [1.82, 2.24) is 15.3 Å². The van der Waals surface area contributed by atoms with Gasteiger partial charge in [-0.1, -0.05) is 47.7 Å². The largest absolute Gasteiger partial charge is 0.457 e. The molecule has 0 aliphatic rings. The predicted octanol–water partition coefficient (Wildman–Crippen LogP) is 6.68. The number of ketones is 1. The number of anilines is 1. The van der Waals surface area contributed by atoms with E-state index >= 15 is 0 Å². The summed E-state index contributed by atoms with van der Waals surface area (Å²) < 4.78 is 60.9. The molecule has 3 aromatic carbocycles. The van der Waals surface area contributed by atoms with Crippen LogP contribution in [0.25, 0.3) is 10.8 Å². The summed E-state index contributed by atoms with van der Waals surface area (Å²) in [5, 5.41) is 4.82. The Morgan fingerprint density at radius 1 is 0.930 bits per heavy atom. The maximum atomic E-state index is 13.9. The highest BCUT2D eigenvalue weighted by atomic mass is 32.1. The maximum absolute atomic E-state index is 13.9. The fourth-order valence-electron chi connectivity index (χ4n) is 4.33. The zero-order valence-electron chi connectivity index (χ0n) is 22.2. The highest BCUT2D eigenvalue weighted by molar-refractivity contribution is 7.12. The number of amides is 2. The van der Waals surface area contributed by atoms with Crippen molar-refractivity contribution in [3.63, 3.8) is 0 Å². The minimum atomic E-state index is -4.85. The number of fused-ring (bicyclic) bond motifs is 1. The molecule has 0 atom stereocenters. The van der Waals surface area contributed by atoms with Crippen LogP contribution in [-0.2, 0) is 12.6 Å². The van der Waals surface area contributed by atoms with Gasteiger partial charge in [0.25, 0.3) is 17.1 Å². The molecule has 0 radical (unpaired) electrons. The zero-order chi connectivity index (χ0) is 30.7. The molecule has 5 rings (SSSR count). The zero-order valence-corrected chi connectivity index (χ0v) is 23.0. The van der Waals surface area contributed by atoms with Gasteiger partial charge < -0.3 is 15.4 Å². The lowest BCUT2D eigenvalue weighted by atomic mass is 9.96. The van der Waals surface area contributed by atoms with E-state index in [1.165, 1.54) is 25.4 Å². The van der Waals surface area contributed by atoms with Crippen molar-refractivity contribution in [1.29, 1.82) is 0 Å². The van der Waals surface area contributed by atoms with Crippen LogP contribution in [0.1, 0.15) is 41.6 Å². The second-order valence-electron chi connectivity index (χ2n) is 9.12. The molecule has 2 amide bonds. The van der Waals surface area contributed by atoms with E-state index in [0.717, 1.165) is 18.3 Å². The van der Waals surface area contributed by atoms with Gasteiger partial charge in [-0.2, -0.15) is 17.6 Å². The molecule has 2 aromatic heterocycles. The molecule has 0 saturated carbocycles. The normalized spacial score (nSPS) is 11.3. The first-order chi connectivity index (χ1) is 20.5. The number of hydrogen-bond acceptors (Lipinski definition) is 7. The number of halogens is 4. The van der Waals surface area contributed by atoms with Gasteiger partial charge in [0.05, 0.1) is 17.4 Å². The van der Waals surface area contributed by atoms with Crippen LogP contribution >= 0.6 is 11.3 Å². The summed E-state index contributed by atoms with van der Waals surface area (Å²) in [4.78, 5) is 44.7. The Kier molecular flexibility index (Phi) is 8.17. The molecule has 218 valence electrons. The predicted molar refractivity (Wildman–Crippen MR) is 151 cm³/mol. The highest BCUT2D eigenvalue weighted by Gasteiger charge is 2.34. The van der Waals surface area contributed by atoms with Crippen molar-refractivity contribution in [2.24, 2.45) is 0 Å². The lowest BCUT2D eigenvalue weighted by Gasteiger charge is -2.15. The van der Waals surface area contributed by atoms with Gasteiger partial charge in [0.2, 0.25) is 0 Å². The van der Waals surface area contributed by atoms with Crippen molar-refractivity contribution >= 4 is 45.4 Å². The number of aromatic nitrogens is 2. The molecule has 43 heavy (non-hydrogen) atoms. The molecule has 8 nitrogen and oxygen atoms in total. The minimum Gasteiger partial charge on any atom is -0.457 e. The van der Waals surface area contributed by atoms with Gasteiger partial charge in [-0.05, 0) is 35.2 Å². The molecule has 0 aliphatic carbocycles. The molecule has 2 heterocycles. The number of hydrogen-bond donors (Lipinski definition) is 2. The molecular weight excluding hydrogens is 588 g/mol. The molecule has 13 heteroatoms. The van der Waals surface area contributed by atoms with Gasteiger partial charge >= 0.3 is 6.18 Å². The SMILES string of the molecule is CNC(=O)c1cc(Oc2cccc3c(C(=O)Cc4ccc(NC(=O)c5cnc(F)s5)c(C(F)(F)F)c4)cccc23)ccn1. The Morgan fingerprint density at radius 2 is 1.70 bits per heavy atom. The Morgan fingerprint density at radius 3 is 2.42 bits per heavy atom. The van der Waals surface area contributed by atoms with E-state index in [4.69, 9.17) is 4.74 Å². The topological polar surface area (TPSA) is 110 Å². The molecule has 2 N–H and O–H groups in total. The van der Waals surface area contributed by atoms with Gasteiger partial charge in [0.1, 0.15) is 22.1 Å². The Labute approximate surface area is 245 Å². The van der Waals surface area contributed by atoms with Gasteiger partial charge in [-0.15, -0.1) is 0 Å². The van der Waals surface area contributed by atoms with E-state index < -0.39 is 40.3 Å². The van der Waals surface area contributed by atoms with Crippen LogP contribution in [0.4, 0.5) is 23.2 Å². The Bertz CT molecular complexity index is 1870. The summed E-state index contributed by atoms with van der Waals surface area (Å²) >= 11 is 0.399. The number of ether oxygens (including phenoxy) is 1. The summed E-state index contributed by atoms with van der Waals surface area (Å²) in [5.74, 6) is -1.05. The molecule has 0 aliphatic heterocycles. The first-order valence-corrected chi connectivity index (χ1v) is 13.4. The molecule has 0 unspecified atom stereocenters. The summed E-state index contributed by atoms with van der Waals surface area (Å²) in [6, 6.07) is 16.2. The van der Waals surface area contributed by atoms with Gasteiger partial charge in [-0.25, -0.2) is 4.98 Å². The third-order valence-corrected chi connectivity index (χ3v) is 7.09. The number of nitrogens with one attached hydrogen (secondary N) is 2. The molecule has 0 fully saturated rings. The Hall–Kier alpha value is -5.17. The summed E-state index contributed by atoms with van der Waals surface area (Å²) in [6.07, 6.45) is -2.86. The van der Waals surface area contributed by atoms with Crippen molar-refractivity contribution in [3.05, 3.63) is 112 Å². The molecule has 0 saturated heterocycles. The van der Waals surface area contributed by atoms with Crippen molar-refractivity contribution in [2.75, 3.05) is 12.4 Å². The number of pyridine rings is 1. The number of carbonyl (C=O) groups excluding carboxylic acids is 3. The van der Waals surface area contributed by atoms with Crippen LogP contribution in [0.3, 0.4) is 0 Å². The number of rotatable bonds is 8. The van der Waals surface area contributed by atoms with E-state index in [2.05, 4.69) is 20.6 Å². The van der Waals surface area contributed by atoms with Gasteiger partial charge in [0.15, 0.2) is 5.78 Å². The third kappa shape index (κ3) is 6.51. The Balaban J connectivity index is 1.41. The first-order valence-electron chi connectivity index (χ1n) is 12.6. The van der Waals surface area contributed by atoms with Gasteiger partial charge in [0, 0.05) is 36.7 Å². The number of Topliss-reactive ketones (excluding diaryl/α,β-unsaturated/α-hetero) is 1. The van der Waals surface area contributed by atoms with Crippen molar-refractivity contribution < 1.29 is 36.7 Å².